The number of aliphatic hydroxyl groups is 1. The predicted octanol–water partition coefficient (Wildman–Crippen LogP) is 0.683. The van der Waals surface area contributed by atoms with Crippen LogP contribution in [0.4, 0.5) is 0 Å². The van der Waals surface area contributed by atoms with Crippen molar-refractivity contribution in [2.45, 2.75) is 6.04 Å². The Morgan fingerprint density at radius 2 is 2.38 bits per heavy atom. The molecule has 0 aliphatic rings. The second kappa shape index (κ2) is 3.37. The lowest BCUT2D eigenvalue weighted by molar-refractivity contribution is 0.268. The fraction of sp³-hybridized carbons (Fsp3) is 0.250. The van der Waals surface area contributed by atoms with E-state index in [1.807, 2.05) is 18.2 Å². The zero-order valence-electron chi connectivity index (χ0n) is 6.84. The van der Waals surface area contributed by atoms with Gasteiger partial charge >= 0.3 is 0 Å². The van der Waals surface area contributed by atoms with Crippen LogP contribution in [-0.4, -0.2) is 21.3 Å². The maximum Gasteiger partial charge on any atom is 0.106 e. The maximum absolute atomic E-state index is 8.92. The SMILES string of the molecule is NC(CO)c1cccc2nnsc12. The van der Waals surface area contributed by atoms with E-state index in [0.29, 0.717) is 0 Å². The molecule has 0 aliphatic heterocycles. The number of aliphatic hydroxyl groups excluding tert-OH is 1. The van der Waals surface area contributed by atoms with Crippen LogP contribution in [0.2, 0.25) is 0 Å². The van der Waals surface area contributed by atoms with Gasteiger partial charge in [-0.1, -0.05) is 16.6 Å². The van der Waals surface area contributed by atoms with Crippen molar-refractivity contribution in [2.75, 3.05) is 6.61 Å². The first-order chi connectivity index (χ1) is 6.33. The number of aromatic nitrogens is 2. The van der Waals surface area contributed by atoms with Gasteiger partial charge in [0.15, 0.2) is 0 Å². The molecule has 4 nitrogen and oxygen atoms in total. The molecule has 0 radical (unpaired) electrons. The molecule has 13 heavy (non-hydrogen) atoms. The van der Waals surface area contributed by atoms with Gasteiger partial charge in [0, 0.05) is 0 Å². The highest BCUT2D eigenvalue weighted by atomic mass is 32.1. The molecule has 2 aromatic rings. The van der Waals surface area contributed by atoms with Crippen LogP contribution in [0.5, 0.6) is 0 Å². The standard InChI is InChI=1S/C8H9N3OS/c9-6(4-12)5-2-1-3-7-8(5)13-11-10-7/h1-3,6,12H,4,9H2. The molecule has 1 atom stereocenters. The van der Waals surface area contributed by atoms with Crippen molar-refractivity contribution < 1.29 is 5.11 Å². The Morgan fingerprint density at radius 3 is 3.15 bits per heavy atom. The average Bonchev–Trinajstić information content (AvgIpc) is 2.63. The normalized spacial score (nSPS) is 13.4. The molecule has 0 saturated heterocycles. The highest BCUT2D eigenvalue weighted by molar-refractivity contribution is 7.13. The topological polar surface area (TPSA) is 72.0 Å². The number of rotatable bonds is 2. The molecule has 68 valence electrons. The monoisotopic (exact) mass is 195 g/mol. The van der Waals surface area contributed by atoms with Gasteiger partial charge in [-0.2, -0.15) is 0 Å². The Labute approximate surface area is 79.2 Å². The summed E-state index contributed by atoms with van der Waals surface area (Å²) in [6, 6.07) is 5.30. The van der Waals surface area contributed by atoms with Crippen molar-refractivity contribution in [3.63, 3.8) is 0 Å². The van der Waals surface area contributed by atoms with Gasteiger partial charge in [-0.15, -0.1) is 5.10 Å². The van der Waals surface area contributed by atoms with E-state index in [4.69, 9.17) is 10.8 Å². The van der Waals surface area contributed by atoms with Crippen LogP contribution in [-0.2, 0) is 0 Å². The number of hydrogen-bond acceptors (Lipinski definition) is 5. The Morgan fingerprint density at radius 1 is 1.54 bits per heavy atom. The van der Waals surface area contributed by atoms with E-state index in [1.165, 1.54) is 11.5 Å². The summed E-state index contributed by atoms with van der Waals surface area (Å²) in [5, 5.41) is 12.9. The fourth-order valence-electron chi connectivity index (χ4n) is 1.22. The van der Waals surface area contributed by atoms with E-state index in [0.717, 1.165) is 15.8 Å². The summed E-state index contributed by atoms with van der Waals surface area (Å²) in [6.45, 7) is -0.0585. The lowest BCUT2D eigenvalue weighted by Gasteiger charge is -2.07. The Hall–Kier alpha value is -1.04. The summed E-state index contributed by atoms with van der Waals surface area (Å²) in [6.07, 6.45) is 0. The Bertz CT molecular complexity index is 414. The van der Waals surface area contributed by atoms with Gasteiger partial charge in [-0.3, -0.25) is 0 Å². The second-order valence-electron chi connectivity index (χ2n) is 2.76. The van der Waals surface area contributed by atoms with Gasteiger partial charge in [0.2, 0.25) is 0 Å². The summed E-state index contributed by atoms with van der Waals surface area (Å²) in [5.74, 6) is 0. The fourth-order valence-corrected chi connectivity index (χ4v) is 1.95. The van der Waals surface area contributed by atoms with Gasteiger partial charge in [-0.05, 0) is 23.2 Å². The third-order valence-electron chi connectivity index (χ3n) is 1.90. The third-order valence-corrected chi connectivity index (χ3v) is 2.69. The predicted molar refractivity (Wildman–Crippen MR) is 51.4 cm³/mol. The van der Waals surface area contributed by atoms with E-state index in [1.54, 1.807) is 0 Å². The summed E-state index contributed by atoms with van der Waals surface area (Å²) < 4.78 is 4.80. The average molecular weight is 195 g/mol. The van der Waals surface area contributed by atoms with Gasteiger partial charge in [0.1, 0.15) is 5.52 Å². The summed E-state index contributed by atoms with van der Waals surface area (Å²) in [5.41, 5.74) is 7.47. The molecule has 1 heterocycles. The van der Waals surface area contributed by atoms with E-state index in [2.05, 4.69) is 9.59 Å². The molecule has 0 amide bonds. The van der Waals surface area contributed by atoms with Crippen LogP contribution in [0.15, 0.2) is 18.2 Å². The van der Waals surface area contributed by atoms with E-state index < -0.39 is 0 Å². The quantitative estimate of drug-likeness (QED) is 0.739. The second-order valence-corrected chi connectivity index (χ2v) is 3.51. The number of nitrogens with zero attached hydrogens (tertiary/aromatic N) is 2. The number of hydrogen-bond donors (Lipinski definition) is 2. The Kier molecular flexibility index (Phi) is 2.22. The molecule has 2 rings (SSSR count). The van der Waals surface area contributed by atoms with Crippen LogP contribution in [0, 0.1) is 0 Å². The zero-order valence-corrected chi connectivity index (χ0v) is 7.66. The minimum absolute atomic E-state index is 0.0585. The van der Waals surface area contributed by atoms with Crippen LogP contribution in [0.1, 0.15) is 11.6 Å². The highest BCUT2D eigenvalue weighted by Gasteiger charge is 2.10. The number of nitrogens with two attached hydrogens (primary N) is 1. The molecule has 3 N–H and O–H groups in total. The molecule has 0 saturated carbocycles. The van der Waals surface area contributed by atoms with Crippen LogP contribution >= 0.6 is 11.5 Å². The highest BCUT2D eigenvalue weighted by Crippen LogP contribution is 2.24. The first-order valence-corrected chi connectivity index (χ1v) is 4.67. The maximum atomic E-state index is 8.92. The molecule has 0 aliphatic carbocycles. The van der Waals surface area contributed by atoms with Crippen molar-refractivity contribution in [1.82, 2.24) is 9.59 Å². The number of fused-ring (bicyclic) bond motifs is 1. The molecule has 0 spiro atoms. The van der Waals surface area contributed by atoms with Crippen molar-refractivity contribution in [2.24, 2.45) is 5.73 Å². The van der Waals surface area contributed by atoms with E-state index in [9.17, 15) is 0 Å². The largest absolute Gasteiger partial charge is 0.394 e. The van der Waals surface area contributed by atoms with Crippen molar-refractivity contribution in [1.29, 1.82) is 0 Å². The van der Waals surface area contributed by atoms with Gasteiger partial charge < -0.3 is 10.8 Å². The smallest absolute Gasteiger partial charge is 0.106 e. The van der Waals surface area contributed by atoms with Crippen molar-refractivity contribution in [3.8, 4) is 0 Å². The van der Waals surface area contributed by atoms with Crippen molar-refractivity contribution in [3.05, 3.63) is 23.8 Å². The minimum atomic E-state index is -0.342. The lowest BCUT2D eigenvalue weighted by atomic mass is 10.1. The summed E-state index contributed by atoms with van der Waals surface area (Å²) >= 11 is 1.31. The molecule has 5 heteroatoms. The lowest BCUT2D eigenvalue weighted by Crippen LogP contribution is -2.14. The molecule has 0 bridgehead atoms. The molecule has 1 unspecified atom stereocenters. The minimum Gasteiger partial charge on any atom is -0.394 e. The number of benzene rings is 1. The first-order valence-electron chi connectivity index (χ1n) is 3.90. The van der Waals surface area contributed by atoms with E-state index >= 15 is 0 Å². The molecule has 1 aromatic heterocycles. The first kappa shape index (κ1) is 8.55. The third kappa shape index (κ3) is 1.41. The zero-order chi connectivity index (χ0) is 9.26. The molecular weight excluding hydrogens is 186 g/mol. The molecule has 1 aromatic carbocycles. The molecule has 0 fully saturated rings. The van der Waals surface area contributed by atoms with Crippen molar-refractivity contribution >= 4 is 21.7 Å². The van der Waals surface area contributed by atoms with Crippen LogP contribution < -0.4 is 5.73 Å². The van der Waals surface area contributed by atoms with Gasteiger partial charge in [0.25, 0.3) is 0 Å². The van der Waals surface area contributed by atoms with Gasteiger partial charge in [-0.25, -0.2) is 0 Å². The Balaban J connectivity index is 2.60. The van der Waals surface area contributed by atoms with E-state index in [-0.39, 0.29) is 12.6 Å². The van der Waals surface area contributed by atoms with Crippen LogP contribution in [0.25, 0.3) is 10.2 Å². The van der Waals surface area contributed by atoms with Crippen LogP contribution in [0.3, 0.4) is 0 Å². The summed E-state index contributed by atoms with van der Waals surface area (Å²) in [7, 11) is 0. The molecular formula is C8H9N3OS. The van der Waals surface area contributed by atoms with Gasteiger partial charge in [0.05, 0.1) is 17.3 Å². The summed E-state index contributed by atoms with van der Waals surface area (Å²) in [4.78, 5) is 0.